The Balaban J connectivity index is 1.72. The monoisotopic (exact) mass is 349 g/mol. The highest BCUT2D eigenvalue weighted by Gasteiger charge is 2.36. The number of β-amino-alcohol motifs (C(OH)–C–C–N with tert-alkyl or cyclic N) is 1. The van der Waals surface area contributed by atoms with Gasteiger partial charge < -0.3 is 5.11 Å². The predicted molar refractivity (Wildman–Crippen MR) is 91.0 cm³/mol. The number of hydrogen-bond donors (Lipinski definition) is 1. The molecule has 2 aromatic rings. The molecule has 0 aliphatic carbocycles. The highest BCUT2D eigenvalue weighted by molar-refractivity contribution is 7.89. The number of benzene rings is 1. The minimum atomic E-state index is -3.61. The van der Waals surface area contributed by atoms with Gasteiger partial charge in [0.15, 0.2) is 0 Å². The van der Waals surface area contributed by atoms with Crippen LogP contribution in [0.4, 0.5) is 0 Å². The van der Waals surface area contributed by atoms with Crippen LogP contribution in [-0.4, -0.2) is 46.8 Å². The smallest absolute Gasteiger partial charge is 0.246 e. The molecule has 7 heteroatoms. The second-order valence-corrected chi connectivity index (χ2v) is 8.33. The molecule has 0 unspecified atom stereocenters. The molecule has 1 aliphatic rings. The van der Waals surface area contributed by atoms with Gasteiger partial charge in [0.1, 0.15) is 4.90 Å². The van der Waals surface area contributed by atoms with Crippen LogP contribution < -0.4 is 0 Å². The highest BCUT2D eigenvalue weighted by atomic mass is 32.2. The van der Waals surface area contributed by atoms with Crippen LogP contribution in [0.5, 0.6) is 0 Å². The third kappa shape index (κ3) is 3.38. The summed E-state index contributed by atoms with van der Waals surface area (Å²) >= 11 is 0. The van der Waals surface area contributed by atoms with Crippen LogP contribution in [-0.2, 0) is 23.5 Å². The summed E-state index contributed by atoms with van der Waals surface area (Å²) in [6, 6.07) is 9.99. The van der Waals surface area contributed by atoms with E-state index in [0.29, 0.717) is 18.7 Å². The van der Waals surface area contributed by atoms with Gasteiger partial charge in [-0.1, -0.05) is 30.3 Å². The minimum absolute atomic E-state index is 0.0776. The maximum atomic E-state index is 12.8. The number of piperidine rings is 1. The molecule has 1 fully saturated rings. The van der Waals surface area contributed by atoms with E-state index >= 15 is 0 Å². The fourth-order valence-corrected chi connectivity index (χ4v) is 4.97. The zero-order valence-corrected chi connectivity index (χ0v) is 14.8. The molecule has 0 amide bonds. The molecule has 6 nitrogen and oxygen atoms in total. The Morgan fingerprint density at radius 3 is 2.58 bits per heavy atom. The molecule has 3 rings (SSSR count). The van der Waals surface area contributed by atoms with Crippen molar-refractivity contribution >= 4 is 10.0 Å². The van der Waals surface area contributed by atoms with Crippen molar-refractivity contribution in [3.8, 4) is 0 Å². The average Bonchev–Trinajstić information content (AvgIpc) is 2.89. The number of aliphatic hydroxyl groups excluding tert-OH is 1. The number of rotatable bonds is 4. The van der Waals surface area contributed by atoms with Gasteiger partial charge in [-0.25, -0.2) is 8.42 Å². The van der Waals surface area contributed by atoms with E-state index in [1.165, 1.54) is 20.7 Å². The van der Waals surface area contributed by atoms with Crippen LogP contribution in [0.15, 0.2) is 41.4 Å². The first kappa shape index (κ1) is 17.1. The molecule has 0 saturated carbocycles. The lowest BCUT2D eigenvalue weighted by molar-refractivity contribution is 0.0520. The molecule has 1 aromatic heterocycles. The van der Waals surface area contributed by atoms with E-state index in [9.17, 15) is 13.5 Å². The first-order valence-corrected chi connectivity index (χ1v) is 9.54. The van der Waals surface area contributed by atoms with E-state index in [0.717, 1.165) is 6.42 Å². The van der Waals surface area contributed by atoms with Crippen LogP contribution in [0.3, 0.4) is 0 Å². The van der Waals surface area contributed by atoms with E-state index in [2.05, 4.69) is 5.10 Å². The predicted octanol–water partition coefficient (Wildman–Crippen LogP) is 1.34. The first-order chi connectivity index (χ1) is 11.4. The van der Waals surface area contributed by atoms with Crippen molar-refractivity contribution in [2.45, 2.75) is 30.8 Å². The fraction of sp³-hybridized carbons (Fsp3) is 0.471. The Kier molecular flexibility index (Phi) is 4.76. The van der Waals surface area contributed by atoms with Gasteiger partial charge in [0, 0.05) is 26.3 Å². The van der Waals surface area contributed by atoms with Gasteiger partial charge in [-0.2, -0.15) is 9.40 Å². The molecule has 24 heavy (non-hydrogen) atoms. The molecule has 0 radical (unpaired) electrons. The second-order valence-electron chi connectivity index (χ2n) is 6.42. The van der Waals surface area contributed by atoms with E-state index in [1.807, 2.05) is 30.3 Å². The van der Waals surface area contributed by atoms with Crippen molar-refractivity contribution in [2.75, 3.05) is 13.1 Å². The van der Waals surface area contributed by atoms with Crippen molar-refractivity contribution in [3.05, 3.63) is 47.8 Å². The van der Waals surface area contributed by atoms with Crippen molar-refractivity contribution in [3.63, 3.8) is 0 Å². The van der Waals surface area contributed by atoms with Gasteiger partial charge in [0.2, 0.25) is 10.0 Å². The number of aromatic nitrogens is 2. The molecule has 1 N–H and O–H groups in total. The van der Waals surface area contributed by atoms with Gasteiger partial charge in [-0.05, 0) is 31.2 Å². The molecule has 130 valence electrons. The third-order valence-electron chi connectivity index (χ3n) is 4.61. The first-order valence-electron chi connectivity index (χ1n) is 8.10. The lowest BCUT2D eigenvalue weighted by atomic mass is 9.89. The van der Waals surface area contributed by atoms with Crippen LogP contribution in [0, 0.1) is 12.8 Å². The summed E-state index contributed by atoms with van der Waals surface area (Å²) in [5, 5.41) is 14.6. The van der Waals surface area contributed by atoms with Crippen molar-refractivity contribution in [1.29, 1.82) is 0 Å². The molecule has 0 bridgehead atoms. The Labute approximate surface area is 142 Å². The number of nitrogens with zero attached hydrogens (tertiary/aromatic N) is 3. The van der Waals surface area contributed by atoms with Crippen molar-refractivity contribution in [1.82, 2.24) is 14.1 Å². The van der Waals surface area contributed by atoms with Gasteiger partial charge in [-0.15, -0.1) is 0 Å². The Bertz CT molecular complexity index is 802. The Morgan fingerprint density at radius 1 is 1.29 bits per heavy atom. The van der Waals surface area contributed by atoms with E-state index in [4.69, 9.17) is 0 Å². The number of hydrogen-bond acceptors (Lipinski definition) is 4. The standard InChI is InChI=1S/C17H23N3O3S/c1-13-17(12-19(2)18-13)24(22,23)20-9-8-15(16(21)11-20)10-14-6-4-3-5-7-14/h3-7,12,15-16,21H,8-11H2,1-2H3/t15-,16-/m1/s1. The second kappa shape index (κ2) is 6.66. The molecule has 1 saturated heterocycles. The number of aryl methyl sites for hydroxylation is 2. The summed E-state index contributed by atoms with van der Waals surface area (Å²) in [7, 11) is -1.91. The topological polar surface area (TPSA) is 75.4 Å². The van der Waals surface area contributed by atoms with Gasteiger partial charge in [-0.3, -0.25) is 4.68 Å². The van der Waals surface area contributed by atoms with E-state index in [1.54, 1.807) is 14.0 Å². The molecule has 1 aromatic carbocycles. The molecular weight excluding hydrogens is 326 g/mol. The molecular formula is C17H23N3O3S. The normalized spacial score (nSPS) is 22.6. The quantitative estimate of drug-likeness (QED) is 0.904. The summed E-state index contributed by atoms with van der Waals surface area (Å²) < 4.78 is 28.5. The third-order valence-corrected chi connectivity index (χ3v) is 6.58. The zero-order chi connectivity index (χ0) is 17.3. The number of sulfonamides is 1. The van der Waals surface area contributed by atoms with E-state index < -0.39 is 16.1 Å². The SMILES string of the molecule is Cc1nn(C)cc1S(=O)(=O)N1CC[C@H](Cc2ccccc2)[C@H](O)C1. The highest BCUT2D eigenvalue weighted by Crippen LogP contribution is 2.27. The van der Waals surface area contributed by atoms with Crippen molar-refractivity contribution < 1.29 is 13.5 Å². The summed E-state index contributed by atoms with van der Waals surface area (Å²) in [5.41, 5.74) is 1.65. The zero-order valence-electron chi connectivity index (χ0n) is 14.0. The Morgan fingerprint density at radius 2 is 2.00 bits per heavy atom. The average molecular weight is 349 g/mol. The minimum Gasteiger partial charge on any atom is -0.391 e. The molecule has 2 atom stereocenters. The summed E-state index contributed by atoms with van der Waals surface area (Å²) in [6.45, 7) is 2.24. The van der Waals surface area contributed by atoms with Gasteiger partial charge >= 0.3 is 0 Å². The van der Waals surface area contributed by atoms with Gasteiger partial charge in [0.25, 0.3) is 0 Å². The van der Waals surface area contributed by atoms with Crippen molar-refractivity contribution in [2.24, 2.45) is 13.0 Å². The Hall–Kier alpha value is -1.70. The molecule has 0 spiro atoms. The molecule has 2 heterocycles. The summed E-state index contributed by atoms with van der Waals surface area (Å²) in [4.78, 5) is 0.221. The van der Waals surface area contributed by atoms with Crippen LogP contribution in [0.2, 0.25) is 0 Å². The lowest BCUT2D eigenvalue weighted by Gasteiger charge is -2.35. The molecule has 1 aliphatic heterocycles. The van der Waals surface area contributed by atoms with Gasteiger partial charge in [0.05, 0.1) is 11.8 Å². The largest absolute Gasteiger partial charge is 0.391 e. The summed E-state index contributed by atoms with van der Waals surface area (Å²) in [6.07, 6.45) is 2.27. The number of aliphatic hydroxyl groups is 1. The van der Waals surface area contributed by atoms with Crippen LogP contribution in [0.25, 0.3) is 0 Å². The maximum absolute atomic E-state index is 12.8. The van der Waals surface area contributed by atoms with E-state index in [-0.39, 0.29) is 17.4 Å². The lowest BCUT2D eigenvalue weighted by Crippen LogP contribution is -2.47. The summed E-state index contributed by atoms with van der Waals surface area (Å²) in [5.74, 6) is 0.0776. The van der Waals surface area contributed by atoms with Crippen LogP contribution >= 0.6 is 0 Å². The fourth-order valence-electron chi connectivity index (χ4n) is 3.29. The van der Waals surface area contributed by atoms with Crippen LogP contribution in [0.1, 0.15) is 17.7 Å². The maximum Gasteiger partial charge on any atom is 0.246 e.